The largest absolute Gasteiger partial charge is 0.338 e. The van der Waals surface area contributed by atoms with Crippen molar-refractivity contribution >= 4 is 23.5 Å². The van der Waals surface area contributed by atoms with Crippen molar-refractivity contribution in [1.29, 1.82) is 0 Å². The van der Waals surface area contributed by atoms with Crippen LogP contribution in [0.25, 0.3) is 0 Å². The second kappa shape index (κ2) is 7.20. The van der Waals surface area contributed by atoms with E-state index in [1.165, 1.54) is 6.07 Å². The third-order valence-corrected chi connectivity index (χ3v) is 2.69. The molecule has 18 heavy (non-hydrogen) atoms. The predicted molar refractivity (Wildman–Crippen MR) is 70.2 cm³/mol. The van der Waals surface area contributed by atoms with Crippen LogP contribution in [0, 0.1) is 5.92 Å². The third-order valence-electron chi connectivity index (χ3n) is 1.99. The Morgan fingerprint density at radius 1 is 1.39 bits per heavy atom. The predicted octanol–water partition coefficient (Wildman–Crippen LogP) is 3.78. The Morgan fingerprint density at radius 2 is 2.11 bits per heavy atom. The van der Waals surface area contributed by atoms with Crippen molar-refractivity contribution in [2.24, 2.45) is 5.92 Å². The van der Waals surface area contributed by atoms with Gasteiger partial charge in [-0.3, -0.25) is 0 Å². The number of nitrogens with one attached hydrogen (secondary N) is 2. The normalized spacial score (nSPS) is 10.8. The second-order valence-electron chi connectivity index (χ2n) is 4.14. The van der Waals surface area contributed by atoms with Crippen LogP contribution in [0.15, 0.2) is 29.2 Å². The molecule has 2 amide bonds. The van der Waals surface area contributed by atoms with E-state index in [9.17, 15) is 13.6 Å². The van der Waals surface area contributed by atoms with E-state index in [1.54, 1.807) is 18.2 Å². The van der Waals surface area contributed by atoms with Gasteiger partial charge in [-0.2, -0.15) is 8.78 Å². The number of hydrogen-bond acceptors (Lipinski definition) is 2. The number of benzene rings is 1. The number of alkyl halides is 2. The van der Waals surface area contributed by atoms with Gasteiger partial charge in [-0.15, -0.1) is 0 Å². The van der Waals surface area contributed by atoms with Gasteiger partial charge in [-0.05, 0) is 24.1 Å². The first kappa shape index (κ1) is 14.8. The summed E-state index contributed by atoms with van der Waals surface area (Å²) in [5.41, 5.74) is 0.502. The lowest BCUT2D eigenvalue weighted by Gasteiger charge is -2.10. The Morgan fingerprint density at radius 3 is 2.72 bits per heavy atom. The SMILES string of the molecule is CC(C)CNC(=O)Nc1cccc(SC(F)F)c1. The molecule has 0 atom stereocenters. The van der Waals surface area contributed by atoms with Crippen molar-refractivity contribution in [3.8, 4) is 0 Å². The van der Waals surface area contributed by atoms with Gasteiger partial charge < -0.3 is 10.6 Å². The Bertz CT molecular complexity index is 399. The molecule has 2 N–H and O–H groups in total. The number of rotatable bonds is 5. The Balaban J connectivity index is 2.53. The maximum absolute atomic E-state index is 12.2. The minimum absolute atomic E-state index is 0.331. The topological polar surface area (TPSA) is 41.1 Å². The highest BCUT2D eigenvalue weighted by atomic mass is 32.2. The molecule has 1 aromatic carbocycles. The monoisotopic (exact) mass is 274 g/mol. The highest BCUT2D eigenvalue weighted by Gasteiger charge is 2.07. The molecule has 0 fully saturated rings. The van der Waals surface area contributed by atoms with Crippen LogP contribution in [0.4, 0.5) is 19.3 Å². The number of hydrogen-bond donors (Lipinski definition) is 2. The molecule has 0 bridgehead atoms. The molecule has 0 heterocycles. The summed E-state index contributed by atoms with van der Waals surface area (Å²) in [4.78, 5) is 11.9. The number of anilines is 1. The third kappa shape index (κ3) is 5.86. The van der Waals surface area contributed by atoms with E-state index in [4.69, 9.17) is 0 Å². The van der Waals surface area contributed by atoms with Crippen LogP contribution in [-0.2, 0) is 0 Å². The van der Waals surface area contributed by atoms with E-state index in [-0.39, 0.29) is 6.03 Å². The molecular formula is C12H16F2N2OS. The van der Waals surface area contributed by atoms with Crippen molar-refractivity contribution in [1.82, 2.24) is 5.32 Å². The highest BCUT2D eigenvalue weighted by molar-refractivity contribution is 7.99. The van der Waals surface area contributed by atoms with Crippen LogP contribution in [0.3, 0.4) is 0 Å². The minimum Gasteiger partial charge on any atom is -0.338 e. The molecule has 0 radical (unpaired) electrons. The fourth-order valence-electron chi connectivity index (χ4n) is 1.22. The summed E-state index contributed by atoms with van der Waals surface area (Å²) in [6.45, 7) is 4.54. The van der Waals surface area contributed by atoms with E-state index in [0.29, 0.717) is 34.8 Å². The van der Waals surface area contributed by atoms with Crippen LogP contribution in [0.1, 0.15) is 13.8 Å². The zero-order chi connectivity index (χ0) is 13.5. The Kier molecular flexibility index (Phi) is 5.91. The van der Waals surface area contributed by atoms with E-state index < -0.39 is 5.76 Å². The average Bonchev–Trinajstić information content (AvgIpc) is 2.26. The van der Waals surface area contributed by atoms with Gasteiger partial charge in [-0.25, -0.2) is 4.79 Å². The molecule has 0 saturated carbocycles. The standard InChI is InChI=1S/C12H16F2N2OS/c1-8(2)7-15-12(17)16-9-4-3-5-10(6-9)18-11(13)14/h3-6,8,11H,7H2,1-2H3,(H2,15,16,17). The van der Waals surface area contributed by atoms with Crippen LogP contribution in [0.5, 0.6) is 0 Å². The van der Waals surface area contributed by atoms with Crippen molar-refractivity contribution in [2.75, 3.05) is 11.9 Å². The molecule has 6 heteroatoms. The maximum Gasteiger partial charge on any atom is 0.319 e. The molecule has 0 aliphatic carbocycles. The number of carbonyl (C=O) groups is 1. The van der Waals surface area contributed by atoms with Crippen molar-refractivity contribution < 1.29 is 13.6 Å². The molecule has 1 aromatic rings. The van der Waals surface area contributed by atoms with Gasteiger partial charge in [0.25, 0.3) is 5.76 Å². The van der Waals surface area contributed by atoms with Gasteiger partial charge in [0.05, 0.1) is 0 Å². The van der Waals surface area contributed by atoms with Gasteiger partial charge >= 0.3 is 6.03 Å². The zero-order valence-electron chi connectivity index (χ0n) is 10.2. The van der Waals surface area contributed by atoms with Crippen molar-refractivity contribution in [3.63, 3.8) is 0 Å². The summed E-state index contributed by atoms with van der Waals surface area (Å²) >= 11 is 0.453. The van der Waals surface area contributed by atoms with E-state index in [2.05, 4.69) is 10.6 Å². The second-order valence-corrected chi connectivity index (χ2v) is 5.20. The zero-order valence-corrected chi connectivity index (χ0v) is 11.1. The van der Waals surface area contributed by atoms with Crippen molar-refractivity contribution in [2.45, 2.75) is 24.5 Å². The van der Waals surface area contributed by atoms with E-state index in [1.807, 2.05) is 13.8 Å². The summed E-state index contributed by atoms with van der Waals surface area (Å²) < 4.78 is 24.4. The fraction of sp³-hybridized carbons (Fsp3) is 0.417. The summed E-state index contributed by atoms with van der Waals surface area (Å²) in [5, 5.41) is 5.29. The first-order valence-corrected chi connectivity index (χ1v) is 6.45. The Hall–Kier alpha value is -1.30. The summed E-state index contributed by atoms with van der Waals surface area (Å²) in [5.74, 6) is -2.11. The quantitative estimate of drug-likeness (QED) is 0.802. The molecule has 1 rings (SSSR count). The fourth-order valence-corrected chi connectivity index (χ4v) is 1.78. The first-order chi connectivity index (χ1) is 8.47. The number of thioether (sulfide) groups is 1. The Labute approximate surface area is 109 Å². The van der Waals surface area contributed by atoms with E-state index >= 15 is 0 Å². The maximum atomic E-state index is 12.2. The lowest BCUT2D eigenvalue weighted by atomic mass is 10.2. The smallest absolute Gasteiger partial charge is 0.319 e. The summed E-state index contributed by atoms with van der Waals surface area (Å²) in [6, 6.07) is 6.05. The molecule has 0 unspecified atom stereocenters. The van der Waals surface area contributed by atoms with Crippen LogP contribution >= 0.6 is 11.8 Å². The van der Waals surface area contributed by atoms with Crippen molar-refractivity contribution in [3.05, 3.63) is 24.3 Å². The lowest BCUT2D eigenvalue weighted by molar-refractivity contribution is 0.250. The molecule has 0 aliphatic heterocycles. The van der Waals surface area contributed by atoms with Crippen LogP contribution in [-0.4, -0.2) is 18.3 Å². The summed E-state index contributed by atoms with van der Waals surface area (Å²) in [7, 11) is 0. The molecule has 3 nitrogen and oxygen atoms in total. The van der Waals surface area contributed by atoms with Gasteiger partial charge in [-0.1, -0.05) is 31.7 Å². The van der Waals surface area contributed by atoms with E-state index in [0.717, 1.165) is 0 Å². The van der Waals surface area contributed by atoms with Gasteiger partial charge in [0.1, 0.15) is 0 Å². The van der Waals surface area contributed by atoms with Gasteiger partial charge in [0, 0.05) is 17.1 Å². The molecule has 0 spiro atoms. The molecule has 100 valence electrons. The molecule has 0 aromatic heterocycles. The highest BCUT2D eigenvalue weighted by Crippen LogP contribution is 2.27. The number of halogens is 2. The van der Waals surface area contributed by atoms with Gasteiger partial charge in [0.2, 0.25) is 0 Å². The average molecular weight is 274 g/mol. The van der Waals surface area contributed by atoms with Gasteiger partial charge in [0.15, 0.2) is 0 Å². The van der Waals surface area contributed by atoms with Crippen LogP contribution < -0.4 is 10.6 Å². The number of urea groups is 1. The first-order valence-electron chi connectivity index (χ1n) is 5.57. The molecule has 0 saturated heterocycles. The summed E-state index contributed by atoms with van der Waals surface area (Å²) in [6.07, 6.45) is 0. The number of amides is 2. The molecular weight excluding hydrogens is 258 g/mol. The lowest BCUT2D eigenvalue weighted by Crippen LogP contribution is -2.31. The number of carbonyl (C=O) groups excluding carboxylic acids is 1. The van der Waals surface area contributed by atoms with Crippen LogP contribution in [0.2, 0.25) is 0 Å². The molecule has 0 aliphatic rings. The minimum atomic E-state index is -2.46.